The Morgan fingerprint density at radius 2 is 2.06 bits per heavy atom. The van der Waals surface area contributed by atoms with Crippen LogP contribution in [0.25, 0.3) is 10.2 Å². The van der Waals surface area contributed by atoms with E-state index in [0.717, 1.165) is 29.3 Å². The SMILES string of the molecule is NC1(Cc2nc3ccc(Br)cc3s2)CCCCC1. The molecule has 0 radical (unpaired) electrons. The van der Waals surface area contributed by atoms with E-state index in [-0.39, 0.29) is 5.54 Å². The number of hydrogen-bond donors (Lipinski definition) is 1. The van der Waals surface area contributed by atoms with E-state index in [2.05, 4.69) is 28.1 Å². The van der Waals surface area contributed by atoms with Crippen LogP contribution in [-0.2, 0) is 6.42 Å². The van der Waals surface area contributed by atoms with Crippen molar-refractivity contribution in [3.05, 3.63) is 27.7 Å². The minimum Gasteiger partial charge on any atom is -0.325 e. The molecule has 3 rings (SSSR count). The van der Waals surface area contributed by atoms with Crippen LogP contribution in [0.4, 0.5) is 0 Å². The molecule has 2 N–H and O–H groups in total. The number of thiazole rings is 1. The van der Waals surface area contributed by atoms with Crippen LogP contribution in [0.2, 0.25) is 0 Å². The Morgan fingerprint density at radius 3 is 2.83 bits per heavy atom. The zero-order valence-electron chi connectivity index (χ0n) is 10.3. The van der Waals surface area contributed by atoms with Crippen LogP contribution >= 0.6 is 27.3 Å². The highest BCUT2D eigenvalue weighted by Gasteiger charge is 2.28. The fraction of sp³-hybridized carbons (Fsp3) is 0.500. The highest BCUT2D eigenvalue weighted by molar-refractivity contribution is 9.10. The average molecular weight is 325 g/mol. The van der Waals surface area contributed by atoms with Gasteiger partial charge in [-0.05, 0) is 31.0 Å². The molecule has 1 saturated carbocycles. The molecule has 0 amide bonds. The minimum absolute atomic E-state index is 0.0106. The molecule has 4 heteroatoms. The predicted octanol–water partition coefficient (Wildman–Crippen LogP) is 4.26. The van der Waals surface area contributed by atoms with Gasteiger partial charge >= 0.3 is 0 Å². The van der Waals surface area contributed by atoms with E-state index in [9.17, 15) is 0 Å². The first kappa shape index (κ1) is 12.6. The summed E-state index contributed by atoms with van der Waals surface area (Å²) in [4.78, 5) is 4.71. The number of fused-ring (bicyclic) bond motifs is 1. The summed E-state index contributed by atoms with van der Waals surface area (Å²) in [5.41, 5.74) is 7.58. The Bertz CT molecular complexity index is 558. The molecule has 18 heavy (non-hydrogen) atoms. The molecule has 1 aromatic heterocycles. The molecule has 1 aliphatic rings. The van der Waals surface area contributed by atoms with E-state index in [4.69, 9.17) is 10.7 Å². The highest BCUT2D eigenvalue weighted by atomic mass is 79.9. The molecule has 0 bridgehead atoms. The van der Waals surface area contributed by atoms with Gasteiger partial charge in [0.2, 0.25) is 0 Å². The molecule has 2 aromatic rings. The van der Waals surface area contributed by atoms with Gasteiger partial charge in [0.05, 0.1) is 15.2 Å². The summed E-state index contributed by atoms with van der Waals surface area (Å²) in [6.07, 6.45) is 7.11. The number of nitrogens with two attached hydrogens (primary N) is 1. The van der Waals surface area contributed by atoms with Crippen LogP contribution in [0.5, 0.6) is 0 Å². The van der Waals surface area contributed by atoms with Gasteiger partial charge in [0.25, 0.3) is 0 Å². The summed E-state index contributed by atoms with van der Waals surface area (Å²) in [5.74, 6) is 0. The summed E-state index contributed by atoms with van der Waals surface area (Å²) >= 11 is 5.29. The average Bonchev–Trinajstić information content (AvgIpc) is 2.70. The maximum absolute atomic E-state index is 6.50. The van der Waals surface area contributed by atoms with Crippen LogP contribution in [0.15, 0.2) is 22.7 Å². The van der Waals surface area contributed by atoms with Crippen molar-refractivity contribution in [2.45, 2.75) is 44.1 Å². The molecule has 2 nitrogen and oxygen atoms in total. The summed E-state index contributed by atoms with van der Waals surface area (Å²) < 4.78 is 2.36. The van der Waals surface area contributed by atoms with Crippen molar-refractivity contribution >= 4 is 37.5 Å². The molecular weight excluding hydrogens is 308 g/mol. The summed E-state index contributed by atoms with van der Waals surface area (Å²) in [6.45, 7) is 0. The minimum atomic E-state index is -0.0106. The topological polar surface area (TPSA) is 38.9 Å². The van der Waals surface area contributed by atoms with Crippen LogP contribution in [-0.4, -0.2) is 10.5 Å². The number of benzene rings is 1. The number of nitrogens with zero attached hydrogens (tertiary/aromatic N) is 1. The molecule has 0 spiro atoms. The number of halogens is 1. The molecule has 96 valence electrons. The van der Waals surface area contributed by atoms with Gasteiger partial charge in [0.1, 0.15) is 0 Å². The van der Waals surface area contributed by atoms with Crippen molar-refractivity contribution in [1.29, 1.82) is 0 Å². The lowest BCUT2D eigenvalue weighted by molar-refractivity contribution is 0.294. The van der Waals surface area contributed by atoms with Gasteiger partial charge in [-0.15, -0.1) is 11.3 Å². The second-order valence-electron chi connectivity index (χ2n) is 5.32. The summed E-state index contributed by atoms with van der Waals surface area (Å²) in [7, 11) is 0. The van der Waals surface area contributed by atoms with Crippen LogP contribution in [0.3, 0.4) is 0 Å². The van der Waals surface area contributed by atoms with Gasteiger partial charge < -0.3 is 5.73 Å². The van der Waals surface area contributed by atoms with Gasteiger partial charge in [-0.25, -0.2) is 4.98 Å². The zero-order valence-corrected chi connectivity index (χ0v) is 12.7. The number of rotatable bonds is 2. The molecule has 0 saturated heterocycles. The van der Waals surface area contributed by atoms with Gasteiger partial charge in [-0.1, -0.05) is 35.2 Å². The number of aromatic nitrogens is 1. The van der Waals surface area contributed by atoms with Gasteiger partial charge in [0.15, 0.2) is 0 Å². The van der Waals surface area contributed by atoms with E-state index >= 15 is 0 Å². The largest absolute Gasteiger partial charge is 0.325 e. The Kier molecular flexibility index (Phi) is 3.43. The van der Waals surface area contributed by atoms with E-state index in [1.165, 1.54) is 29.0 Å². The smallest absolute Gasteiger partial charge is 0.0956 e. The summed E-state index contributed by atoms with van der Waals surface area (Å²) in [6, 6.07) is 6.26. The second kappa shape index (κ2) is 4.91. The monoisotopic (exact) mass is 324 g/mol. The van der Waals surface area contributed by atoms with Gasteiger partial charge in [-0.2, -0.15) is 0 Å². The fourth-order valence-corrected chi connectivity index (χ4v) is 4.43. The standard InChI is InChI=1S/C14H17BrN2S/c15-10-4-5-11-12(8-10)18-13(17-11)9-14(16)6-2-1-3-7-14/h4-5,8H,1-3,6-7,9,16H2. The first-order chi connectivity index (χ1) is 8.65. The lowest BCUT2D eigenvalue weighted by Crippen LogP contribution is -2.43. The molecule has 1 heterocycles. The van der Waals surface area contributed by atoms with Crippen molar-refractivity contribution < 1.29 is 0 Å². The molecule has 0 unspecified atom stereocenters. The van der Waals surface area contributed by atoms with Crippen LogP contribution in [0.1, 0.15) is 37.1 Å². The first-order valence-electron chi connectivity index (χ1n) is 6.49. The Balaban J connectivity index is 1.86. The van der Waals surface area contributed by atoms with Gasteiger partial charge in [0, 0.05) is 16.4 Å². The van der Waals surface area contributed by atoms with E-state index in [0.29, 0.717) is 0 Å². The quantitative estimate of drug-likeness (QED) is 0.896. The van der Waals surface area contributed by atoms with E-state index < -0.39 is 0 Å². The summed E-state index contributed by atoms with van der Waals surface area (Å²) in [5, 5.41) is 1.19. The van der Waals surface area contributed by atoms with Crippen molar-refractivity contribution in [3.8, 4) is 0 Å². The maximum atomic E-state index is 6.50. The van der Waals surface area contributed by atoms with Crippen molar-refractivity contribution in [1.82, 2.24) is 4.98 Å². The third kappa shape index (κ3) is 2.60. The van der Waals surface area contributed by atoms with Crippen molar-refractivity contribution in [2.75, 3.05) is 0 Å². The molecule has 0 atom stereocenters. The highest BCUT2D eigenvalue weighted by Crippen LogP contribution is 2.32. The van der Waals surface area contributed by atoms with E-state index in [1.54, 1.807) is 11.3 Å². The Labute approximate surface area is 120 Å². The van der Waals surface area contributed by atoms with Crippen LogP contribution < -0.4 is 5.73 Å². The third-order valence-electron chi connectivity index (χ3n) is 3.75. The van der Waals surface area contributed by atoms with Gasteiger partial charge in [-0.3, -0.25) is 0 Å². The van der Waals surface area contributed by atoms with E-state index in [1.807, 2.05) is 6.07 Å². The lowest BCUT2D eigenvalue weighted by Gasteiger charge is -2.32. The zero-order chi connectivity index (χ0) is 12.6. The molecule has 1 aliphatic carbocycles. The predicted molar refractivity (Wildman–Crippen MR) is 81.0 cm³/mol. The van der Waals surface area contributed by atoms with Crippen molar-refractivity contribution in [2.24, 2.45) is 5.73 Å². The Hall–Kier alpha value is -0.450. The molecule has 1 aromatic carbocycles. The Morgan fingerprint density at radius 1 is 1.28 bits per heavy atom. The van der Waals surface area contributed by atoms with Crippen LogP contribution in [0, 0.1) is 0 Å². The molecule has 0 aliphatic heterocycles. The fourth-order valence-electron chi connectivity index (χ4n) is 2.76. The normalized spacial score (nSPS) is 19.2. The first-order valence-corrected chi connectivity index (χ1v) is 8.09. The maximum Gasteiger partial charge on any atom is 0.0956 e. The number of hydrogen-bond acceptors (Lipinski definition) is 3. The second-order valence-corrected chi connectivity index (χ2v) is 7.35. The third-order valence-corrected chi connectivity index (χ3v) is 5.26. The molecular formula is C14H17BrN2S. The molecule has 1 fully saturated rings. The lowest BCUT2D eigenvalue weighted by atomic mass is 9.80. The van der Waals surface area contributed by atoms with Crippen molar-refractivity contribution in [3.63, 3.8) is 0 Å².